The Hall–Kier alpha value is -1.93. The summed E-state index contributed by atoms with van der Waals surface area (Å²) >= 11 is 0. The normalized spacial score (nSPS) is 12.4. The third kappa shape index (κ3) is 4.29. The molecule has 0 saturated carbocycles. The molecule has 8 heteroatoms. The van der Waals surface area contributed by atoms with Gasteiger partial charge in [-0.25, -0.2) is 17.5 Å². The van der Waals surface area contributed by atoms with Crippen molar-refractivity contribution in [1.82, 2.24) is 4.72 Å². The molecule has 0 amide bonds. The fourth-order valence-corrected chi connectivity index (χ4v) is 3.06. The standard InChI is InChI=1S/C15H13F4NO2S/c1-10-3-2-4-12(7-10)23(21,22)20-9-11-5-6-13(14(16)8-11)15(17,18)19/h2-8,20H,9H2,1H3. The van der Waals surface area contributed by atoms with Crippen molar-refractivity contribution in [2.45, 2.75) is 24.5 Å². The lowest BCUT2D eigenvalue weighted by Gasteiger charge is -2.10. The lowest BCUT2D eigenvalue weighted by atomic mass is 10.1. The molecule has 0 aromatic heterocycles. The summed E-state index contributed by atoms with van der Waals surface area (Å²) in [6, 6.07) is 8.43. The fraction of sp³-hybridized carbons (Fsp3) is 0.200. The predicted octanol–water partition coefficient (Wildman–Crippen LogP) is 3.63. The number of hydrogen-bond acceptors (Lipinski definition) is 2. The number of sulfonamides is 1. The molecule has 2 rings (SSSR count). The molecule has 0 fully saturated rings. The summed E-state index contributed by atoms with van der Waals surface area (Å²) in [5, 5.41) is 0. The first-order valence-electron chi connectivity index (χ1n) is 6.51. The lowest BCUT2D eigenvalue weighted by molar-refractivity contribution is -0.140. The lowest BCUT2D eigenvalue weighted by Crippen LogP contribution is -2.23. The predicted molar refractivity (Wildman–Crippen MR) is 76.6 cm³/mol. The Morgan fingerprint density at radius 3 is 2.35 bits per heavy atom. The monoisotopic (exact) mass is 347 g/mol. The second kappa shape index (κ2) is 6.29. The second-order valence-electron chi connectivity index (χ2n) is 4.95. The number of nitrogens with one attached hydrogen (secondary N) is 1. The van der Waals surface area contributed by atoms with Gasteiger partial charge in [-0.2, -0.15) is 13.2 Å². The van der Waals surface area contributed by atoms with Gasteiger partial charge in [0, 0.05) is 6.54 Å². The van der Waals surface area contributed by atoms with Gasteiger partial charge in [-0.1, -0.05) is 18.2 Å². The molecule has 0 unspecified atom stereocenters. The Labute approximate surface area is 131 Å². The van der Waals surface area contributed by atoms with Gasteiger partial charge in [0.1, 0.15) is 5.82 Å². The molecule has 3 nitrogen and oxygen atoms in total. The Bertz CT molecular complexity index is 816. The van der Waals surface area contributed by atoms with Crippen molar-refractivity contribution in [3.05, 3.63) is 65.0 Å². The van der Waals surface area contributed by atoms with Crippen molar-refractivity contribution < 1.29 is 26.0 Å². The summed E-state index contributed by atoms with van der Waals surface area (Å²) in [5.74, 6) is -1.44. The number of benzene rings is 2. The molecule has 0 aliphatic heterocycles. The van der Waals surface area contributed by atoms with Crippen molar-refractivity contribution >= 4 is 10.0 Å². The van der Waals surface area contributed by atoms with Gasteiger partial charge in [0.15, 0.2) is 0 Å². The van der Waals surface area contributed by atoms with Gasteiger partial charge >= 0.3 is 6.18 Å². The number of hydrogen-bond donors (Lipinski definition) is 1. The van der Waals surface area contributed by atoms with Crippen LogP contribution in [0.1, 0.15) is 16.7 Å². The number of alkyl halides is 3. The Morgan fingerprint density at radius 1 is 1.09 bits per heavy atom. The van der Waals surface area contributed by atoms with E-state index in [4.69, 9.17) is 0 Å². The molecule has 23 heavy (non-hydrogen) atoms. The molecule has 2 aromatic carbocycles. The fourth-order valence-electron chi connectivity index (χ4n) is 1.94. The van der Waals surface area contributed by atoms with E-state index in [0.29, 0.717) is 12.1 Å². The number of aryl methyl sites for hydroxylation is 1. The molecular weight excluding hydrogens is 334 g/mol. The maximum Gasteiger partial charge on any atom is 0.419 e. The van der Waals surface area contributed by atoms with Gasteiger partial charge in [-0.15, -0.1) is 0 Å². The highest BCUT2D eigenvalue weighted by Crippen LogP contribution is 2.31. The van der Waals surface area contributed by atoms with Gasteiger partial charge in [0.2, 0.25) is 10.0 Å². The van der Waals surface area contributed by atoms with Crippen LogP contribution in [0.15, 0.2) is 47.4 Å². The summed E-state index contributed by atoms with van der Waals surface area (Å²) in [5.41, 5.74) is -0.553. The van der Waals surface area contributed by atoms with Crippen molar-refractivity contribution in [2.24, 2.45) is 0 Å². The Kier molecular flexibility index (Phi) is 4.76. The summed E-state index contributed by atoms with van der Waals surface area (Å²) < 4.78 is 77.2. The van der Waals surface area contributed by atoms with E-state index in [1.807, 2.05) is 0 Å². The van der Waals surface area contributed by atoms with E-state index in [9.17, 15) is 26.0 Å². The second-order valence-corrected chi connectivity index (χ2v) is 6.72. The molecule has 0 aliphatic carbocycles. The molecule has 0 heterocycles. The molecule has 0 saturated heterocycles. The van der Waals surface area contributed by atoms with Crippen LogP contribution < -0.4 is 4.72 Å². The molecule has 0 radical (unpaired) electrons. The molecule has 124 valence electrons. The zero-order valence-corrected chi connectivity index (χ0v) is 12.8. The minimum absolute atomic E-state index is 0.0323. The quantitative estimate of drug-likeness (QED) is 0.859. The molecule has 0 atom stereocenters. The third-order valence-corrected chi connectivity index (χ3v) is 4.50. The number of halogens is 4. The van der Waals surface area contributed by atoms with E-state index in [1.165, 1.54) is 12.1 Å². The van der Waals surface area contributed by atoms with E-state index in [0.717, 1.165) is 11.6 Å². The summed E-state index contributed by atoms with van der Waals surface area (Å²) in [7, 11) is -3.83. The first-order chi connectivity index (χ1) is 10.6. The van der Waals surface area contributed by atoms with Crippen LogP contribution in [0, 0.1) is 12.7 Å². The highest BCUT2D eigenvalue weighted by molar-refractivity contribution is 7.89. The summed E-state index contributed by atoms with van der Waals surface area (Å²) in [6.07, 6.45) is -4.79. The molecule has 0 spiro atoms. The van der Waals surface area contributed by atoms with Crippen molar-refractivity contribution in [1.29, 1.82) is 0 Å². The van der Waals surface area contributed by atoms with Gasteiger partial charge in [0.25, 0.3) is 0 Å². The largest absolute Gasteiger partial charge is 0.419 e. The highest BCUT2D eigenvalue weighted by Gasteiger charge is 2.33. The van der Waals surface area contributed by atoms with Crippen molar-refractivity contribution in [3.63, 3.8) is 0 Å². The average Bonchev–Trinajstić information content (AvgIpc) is 2.44. The van der Waals surface area contributed by atoms with Crippen LogP contribution in [0.25, 0.3) is 0 Å². The van der Waals surface area contributed by atoms with E-state index in [1.54, 1.807) is 19.1 Å². The van der Waals surface area contributed by atoms with E-state index < -0.39 is 27.6 Å². The van der Waals surface area contributed by atoms with E-state index in [2.05, 4.69) is 4.72 Å². The average molecular weight is 347 g/mol. The third-order valence-electron chi connectivity index (χ3n) is 3.11. The smallest absolute Gasteiger partial charge is 0.207 e. The number of rotatable bonds is 4. The zero-order valence-electron chi connectivity index (χ0n) is 12.0. The van der Waals surface area contributed by atoms with Gasteiger partial charge in [-0.05, 0) is 42.3 Å². The van der Waals surface area contributed by atoms with E-state index >= 15 is 0 Å². The van der Waals surface area contributed by atoms with Crippen LogP contribution in [0.5, 0.6) is 0 Å². The molecule has 0 bridgehead atoms. The SMILES string of the molecule is Cc1cccc(S(=O)(=O)NCc2ccc(C(F)(F)F)c(F)c2)c1. The van der Waals surface area contributed by atoms with Crippen molar-refractivity contribution in [2.75, 3.05) is 0 Å². The molecular formula is C15H13F4NO2S. The first-order valence-corrected chi connectivity index (χ1v) is 8.00. The zero-order chi connectivity index (χ0) is 17.3. The Morgan fingerprint density at radius 2 is 1.78 bits per heavy atom. The van der Waals surface area contributed by atoms with Crippen LogP contribution in [-0.4, -0.2) is 8.42 Å². The summed E-state index contributed by atoms with van der Waals surface area (Å²) in [4.78, 5) is 0.0323. The highest BCUT2D eigenvalue weighted by atomic mass is 32.2. The molecule has 0 aliphatic rings. The Balaban J connectivity index is 2.16. The van der Waals surface area contributed by atoms with Gasteiger partial charge < -0.3 is 0 Å². The first kappa shape index (κ1) is 17.4. The van der Waals surface area contributed by atoms with E-state index in [-0.39, 0.29) is 17.0 Å². The van der Waals surface area contributed by atoms with Crippen LogP contribution in [-0.2, 0) is 22.7 Å². The van der Waals surface area contributed by atoms with Crippen LogP contribution in [0.4, 0.5) is 17.6 Å². The summed E-state index contributed by atoms with van der Waals surface area (Å²) in [6.45, 7) is 1.41. The molecule has 2 aromatic rings. The van der Waals surface area contributed by atoms with Crippen molar-refractivity contribution in [3.8, 4) is 0 Å². The van der Waals surface area contributed by atoms with Crippen LogP contribution >= 0.6 is 0 Å². The topological polar surface area (TPSA) is 46.2 Å². The minimum Gasteiger partial charge on any atom is -0.207 e. The van der Waals surface area contributed by atoms with Crippen LogP contribution in [0.3, 0.4) is 0 Å². The van der Waals surface area contributed by atoms with Gasteiger partial charge in [-0.3, -0.25) is 0 Å². The van der Waals surface area contributed by atoms with Gasteiger partial charge in [0.05, 0.1) is 10.5 Å². The maximum atomic E-state index is 13.4. The minimum atomic E-state index is -4.79. The maximum absolute atomic E-state index is 13.4. The van der Waals surface area contributed by atoms with Crippen LogP contribution in [0.2, 0.25) is 0 Å². The molecule has 1 N–H and O–H groups in total.